The summed E-state index contributed by atoms with van der Waals surface area (Å²) < 4.78 is 6.45. The number of methoxy groups -OCH3 is 1. The highest BCUT2D eigenvalue weighted by Crippen LogP contribution is 2.34. The van der Waals surface area contributed by atoms with Crippen LogP contribution in [0.5, 0.6) is 5.75 Å². The van der Waals surface area contributed by atoms with Gasteiger partial charge >= 0.3 is 0 Å². The molecule has 1 aromatic heterocycles. The summed E-state index contributed by atoms with van der Waals surface area (Å²) in [6.07, 6.45) is 0. The summed E-state index contributed by atoms with van der Waals surface area (Å²) >= 11 is 1.61. The van der Waals surface area contributed by atoms with Crippen molar-refractivity contribution in [3.05, 3.63) is 58.1 Å². The van der Waals surface area contributed by atoms with Crippen LogP contribution in [0, 0.1) is 10.1 Å². The molecule has 0 atom stereocenters. The second kappa shape index (κ2) is 7.43. The Morgan fingerprint density at radius 2 is 1.86 bits per heavy atom. The maximum Gasteiger partial charge on any atom is 0.269 e. The molecule has 2 aromatic carbocycles. The number of fused-ring (bicyclic) bond motifs is 1. The first-order valence-electron chi connectivity index (χ1n) is 8.79. The predicted molar refractivity (Wildman–Crippen MR) is 107 cm³/mol. The van der Waals surface area contributed by atoms with Gasteiger partial charge in [-0.15, -0.1) is 0 Å². The number of thiazole rings is 1. The number of amides is 1. The van der Waals surface area contributed by atoms with E-state index in [0.29, 0.717) is 31.7 Å². The van der Waals surface area contributed by atoms with Crippen LogP contribution in [0.25, 0.3) is 10.2 Å². The van der Waals surface area contributed by atoms with Gasteiger partial charge in [0, 0.05) is 43.9 Å². The SMILES string of the molecule is COc1cccc2sc(N3CCN(C(=O)c4ccc([N+](=O)[O-])cc4)CC3)nc12. The van der Waals surface area contributed by atoms with Crippen molar-refractivity contribution in [3.8, 4) is 5.75 Å². The maximum absolute atomic E-state index is 12.7. The van der Waals surface area contributed by atoms with Crippen LogP contribution in [0.15, 0.2) is 42.5 Å². The monoisotopic (exact) mass is 398 g/mol. The number of ether oxygens (including phenoxy) is 1. The van der Waals surface area contributed by atoms with Crippen LogP contribution in [0.3, 0.4) is 0 Å². The third kappa shape index (κ3) is 3.36. The van der Waals surface area contributed by atoms with Crippen molar-refractivity contribution in [1.82, 2.24) is 9.88 Å². The third-order valence-corrected chi connectivity index (χ3v) is 5.83. The smallest absolute Gasteiger partial charge is 0.269 e. The zero-order chi connectivity index (χ0) is 19.7. The Balaban J connectivity index is 1.44. The highest BCUT2D eigenvalue weighted by molar-refractivity contribution is 7.22. The zero-order valence-electron chi connectivity index (χ0n) is 15.2. The van der Waals surface area contributed by atoms with Crippen molar-refractivity contribution in [2.45, 2.75) is 0 Å². The van der Waals surface area contributed by atoms with E-state index in [1.54, 1.807) is 23.3 Å². The van der Waals surface area contributed by atoms with E-state index in [9.17, 15) is 14.9 Å². The summed E-state index contributed by atoms with van der Waals surface area (Å²) in [7, 11) is 1.64. The highest BCUT2D eigenvalue weighted by Gasteiger charge is 2.24. The minimum Gasteiger partial charge on any atom is -0.494 e. The molecule has 1 amide bonds. The standard InChI is InChI=1S/C19H18N4O4S/c1-27-15-3-2-4-16-17(15)20-19(28-16)22-11-9-21(10-12-22)18(24)13-5-7-14(8-6-13)23(25)26/h2-8H,9-12H2,1H3. The minimum atomic E-state index is -0.472. The molecule has 4 rings (SSSR count). The Morgan fingerprint density at radius 3 is 2.50 bits per heavy atom. The van der Waals surface area contributed by atoms with Gasteiger partial charge in [-0.3, -0.25) is 14.9 Å². The van der Waals surface area contributed by atoms with Crippen LogP contribution in [0.2, 0.25) is 0 Å². The molecular weight excluding hydrogens is 380 g/mol. The van der Waals surface area contributed by atoms with E-state index in [0.717, 1.165) is 21.1 Å². The molecule has 9 heteroatoms. The lowest BCUT2D eigenvalue weighted by Crippen LogP contribution is -2.48. The Bertz CT molecular complexity index is 1030. The number of hydrogen-bond donors (Lipinski definition) is 0. The molecule has 1 fully saturated rings. The topological polar surface area (TPSA) is 88.8 Å². The number of hydrogen-bond acceptors (Lipinski definition) is 7. The molecule has 3 aromatic rings. The molecule has 8 nitrogen and oxygen atoms in total. The summed E-state index contributed by atoms with van der Waals surface area (Å²) in [5.74, 6) is 0.646. The number of rotatable bonds is 4. The Hall–Kier alpha value is -3.20. The van der Waals surface area contributed by atoms with E-state index < -0.39 is 4.92 Å². The molecule has 1 saturated heterocycles. The van der Waals surface area contributed by atoms with Crippen LogP contribution in [0.1, 0.15) is 10.4 Å². The largest absolute Gasteiger partial charge is 0.494 e. The molecule has 144 valence electrons. The van der Waals surface area contributed by atoms with E-state index in [1.165, 1.54) is 24.3 Å². The van der Waals surface area contributed by atoms with Gasteiger partial charge in [-0.1, -0.05) is 17.4 Å². The molecule has 1 aliphatic rings. The van der Waals surface area contributed by atoms with Gasteiger partial charge < -0.3 is 14.5 Å². The van der Waals surface area contributed by atoms with Crippen LogP contribution < -0.4 is 9.64 Å². The number of nitro benzene ring substituents is 1. The molecule has 28 heavy (non-hydrogen) atoms. The quantitative estimate of drug-likeness (QED) is 0.495. The molecule has 0 saturated carbocycles. The van der Waals surface area contributed by atoms with Gasteiger partial charge in [0.1, 0.15) is 11.3 Å². The van der Waals surface area contributed by atoms with Crippen molar-refractivity contribution < 1.29 is 14.5 Å². The summed E-state index contributed by atoms with van der Waals surface area (Å²) in [5, 5.41) is 11.7. The number of carbonyl (C=O) groups is 1. The average Bonchev–Trinajstić information content (AvgIpc) is 3.18. The second-order valence-corrected chi connectivity index (χ2v) is 7.40. The molecule has 0 bridgehead atoms. The van der Waals surface area contributed by atoms with Gasteiger partial charge in [0.15, 0.2) is 5.13 Å². The van der Waals surface area contributed by atoms with Gasteiger partial charge in [-0.2, -0.15) is 0 Å². The number of nitro groups is 1. The first kappa shape index (κ1) is 18.2. The number of nitrogens with zero attached hydrogens (tertiary/aromatic N) is 4. The van der Waals surface area contributed by atoms with Crippen molar-refractivity contribution in [1.29, 1.82) is 0 Å². The lowest BCUT2D eigenvalue weighted by atomic mass is 10.1. The van der Waals surface area contributed by atoms with E-state index in [-0.39, 0.29) is 11.6 Å². The summed E-state index contributed by atoms with van der Waals surface area (Å²) in [6, 6.07) is 11.6. The summed E-state index contributed by atoms with van der Waals surface area (Å²) in [4.78, 5) is 31.6. The third-order valence-electron chi connectivity index (χ3n) is 4.75. The zero-order valence-corrected chi connectivity index (χ0v) is 16.0. The number of anilines is 1. The van der Waals surface area contributed by atoms with Crippen LogP contribution in [-0.2, 0) is 0 Å². The van der Waals surface area contributed by atoms with Crippen molar-refractivity contribution >= 4 is 38.3 Å². The fourth-order valence-corrected chi connectivity index (χ4v) is 4.26. The molecule has 0 spiro atoms. The van der Waals surface area contributed by atoms with Crippen molar-refractivity contribution in [2.75, 3.05) is 38.2 Å². The number of carbonyl (C=O) groups excluding carboxylic acids is 1. The first-order chi connectivity index (χ1) is 13.6. The maximum atomic E-state index is 12.7. The lowest BCUT2D eigenvalue weighted by molar-refractivity contribution is -0.384. The van der Waals surface area contributed by atoms with Crippen molar-refractivity contribution in [2.24, 2.45) is 0 Å². The van der Waals surface area contributed by atoms with Crippen LogP contribution >= 0.6 is 11.3 Å². The average molecular weight is 398 g/mol. The van der Waals surface area contributed by atoms with Gasteiger partial charge in [0.25, 0.3) is 11.6 Å². The molecule has 2 heterocycles. The number of non-ortho nitro benzene ring substituents is 1. The number of benzene rings is 2. The molecule has 1 aliphatic heterocycles. The lowest BCUT2D eigenvalue weighted by Gasteiger charge is -2.34. The first-order valence-corrected chi connectivity index (χ1v) is 9.60. The Labute approximate surface area is 165 Å². The molecule has 0 radical (unpaired) electrons. The van der Waals surface area contributed by atoms with E-state index in [1.807, 2.05) is 18.2 Å². The van der Waals surface area contributed by atoms with Gasteiger partial charge in [0.2, 0.25) is 0 Å². The fraction of sp³-hybridized carbons (Fsp3) is 0.263. The number of para-hydroxylation sites is 1. The minimum absolute atomic E-state index is 0.0207. The molecule has 0 aliphatic carbocycles. The molecule has 0 unspecified atom stereocenters. The second-order valence-electron chi connectivity index (χ2n) is 6.39. The highest BCUT2D eigenvalue weighted by atomic mass is 32.1. The van der Waals surface area contributed by atoms with E-state index in [2.05, 4.69) is 4.90 Å². The summed E-state index contributed by atoms with van der Waals surface area (Å²) in [5.41, 5.74) is 1.30. The number of piperazine rings is 1. The Kier molecular flexibility index (Phi) is 4.82. The van der Waals surface area contributed by atoms with Gasteiger partial charge in [-0.25, -0.2) is 4.98 Å². The predicted octanol–water partition coefficient (Wildman–Crippen LogP) is 3.18. The van der Waals surface area contributed by atoms with Gasteiger partial charge in [-0.05, 0) is 24.3 Å². The van der Waals surface area contributed by atoms with E-state index in [4.69, 9.17) is 9.72 Å². The molecule has 0 N–H and O–H groups in total. The van der Waals surface area contributed by atoms with Gasteiger partial charge in [0.05, 0.1) is 16.7 Å². The van der Waals surface area contributed by atoms with Crippen molar-refractivity contribution in [3.63, 3.8) is 0 Å². The summed E-state index contributed by atoms with van der Waals surface area (Å²) in [6.45, 7) is 2.51. The number of aromatic nitrogens is 1. The molecular formula is C19H18N4O4S. The fourth-order valence-electron chi connectivity index (χ4n) is 3.22. The Morgan fingerprint density at radius 1 is 1.14 bits per heavy atom. The normalized spacial score (nSPS) is 14.3. The van der Waals surface area contributed by atoms with Crippen LogP contribution in [-0.4, -0.2) is 54.0 Å². The van der Waals surface area contributed by atoms with E-state index >= 15 is 0 Å². The van der Waals surface area contributed by atoms with Crippen LogP contribution in [0.4, 0.5) is 10.8 Å².